The molecule has 1 heterocycles. The van der Waals surface area contributed by atoms with Gasteiger partial charge in [-0.15, -0.1) is 0 Å². The molecule has 108 valence electrons. The van der Waals surface area contributed by atoms with E-state index < -0.39 is 6.10 Å². The van der Waals surface area contributed by atoms with Crippen molar-refractivity contribution in [2.45, 2.75) is 18.9 Å². The van der Waals surface area contributed by atoms with E-state index in [0.717, 1.165) is 17.7 Å². The van der Waals surface area contributed by atoms with Crippen LogP contribution in [0.5, 0.6) is 5.75 Å². The molecule has 0 fully saturated rings. The van der Waals surface area contributed by atoms with Crippen LogP contribution in [0.25, 0.3) is 0 Å². The van der Waals surface area contributed by atoms with Crippen LogP contribution in [0.15, 0.2) is 42.5 Å². The van der Waals surface area contributed by atoms with Crippen molar-refractivity contribution in [3.05, 3.63) is 58.1 Å². The monoisotopic (exact) mass is 321 g/mol. The molecule has 1 aliphatic heterocycles. The van der Waals surface area contributed by atoms with Crippen molar-refractivity contribution in [2.24, 2.45) is 0 Å². The number of halogens is 2. The minimum absolute atomic E-state index is 0.192. The lowest BCUT2D eigenvalue weighted by molar-refractivity contribution is -0.123. The van der Waals surface area contributed by atoms with Gasteiger partial charge in [-0.2, -0.15) is 0 Å². The Kier molecular flexibility index (Phi) is 4.04. The summed E-state index contributed by atoms with van der Waals surface area (Å²) in [6, 6.07) is 12.7. The van der Waals surface area contributed by atoms with Gasteiger partial charge in [0.25, 0.3) is 5.91 Å². The third-order valence-electron chi connectivity index (χ3n) is 3.34. The van der Waals surface area contributed by atoms with Gasteiger partial charge in [0.15, 0.2) is 6.10 Å². The van der Waals surface area contributed by atoms with Gasteiger partial charge in [-0.05, 0) is 42.7 Å². The SMILES string of the molecule is O=C(Nc1cc(Cl)cc(Cl)c1)C1CCc2ccccc2O1. The topological polar surface area (TPSA) is 38.3 Å². The van der Waals surface area contributed by atoms with Crippen molar-refractivity contribution >= 4 is 34.8 Å². The second kappa shape index (κ2) is 5.96. The summed E-state index contributed by atoms with van der Waals surface area (Å²) >= 11 is 11.8. The summed E-state index contributed by atoms with van der Waals surface area (Å²) in [5, 5.41) is 3.75. The fraction of sp³-hybridized carbons (Fsp3) is 0.188. The number of carbonyl (C=O) groups excluding carboxylic acids is 1. The number of anilines is 1. The quantitative estimate of drug-likeness (QED) is 0.894. The first-order chi connectivity index (χ1) is 10.1. The maximum atomic E-state index is 12.3. The maximum absolute atomic E-state index is 12.3. The van der Waals surface area contributed by atoms with Crippen LogP contribution in [0.4, 0.5) is 5.69 Å². The summed E-state index contributed by atoms with van der Waals surface area (Å²) in [4.78, 5) is 12.3. The highest BCUT2D eigenvalue weighted by atomic mass is 35.5. The van der Waals surface area contributed by atoms with Crippen molar-refractivity contribution in [1.29, 1.82) is 0 Å². The first-order valence-corrected chi connectivity index (χ1v) is 7.39. The molecule has 5 heteroatoms. The molecule has 0 spiro atoms. The van der Waals surface area contributed by atoms with Gasteiger partial charge >= 0.3 is 0 Å². The van der Waals surface area contributed by atoms with Gasteiger partial charge < -0.3 is 10.1 Å². The molecule has 3 nitrogen and oxygen atoms in total. The Morgan fingerprint density at radius 1 is 1.14 bits per heavy atom. The van der Waals surface area contributed by atoms with Crippen LogP contribution in [0, 0.1) is 0 Å². The summed E-state index contributed by atoms with van der Waals surface area (Å²) in [7, 11) is 0. The van der Waals surface area contributed by atoms with Crippen molar-refractivity contribution in [3.8, 4) is 5.75 Å². The smallest absolute Gasteiger partial charge is 0.265 e. The van der Waals surface area contributed by atoms with Gasteiger partial charge in [-0.1, -0.05) is 41.4 Å². The largest absolute Gasteiger partial charge is 0.480 e. The van der Waals surface area contributed by atoms with Gasteiger partial charge in [0.05, 0.1) is 0 Å². The van der Waals surface area contributed by atoms with Crippen LogP contribution in [-0.2, 0) is 11.2 Å². The zero-order chi connectivity index (χ0) is 14.8. The number of carbonyl (C=O) groups is 1. The molecule has 0 aromatic heterocycles. The van der Waals surface area contributed by atoms with Crippen LogP contribution >= 0.6 is 23.2 Å². The third-order valence-corrected chi connectivity index (χ3v) is 3.78. The number of benzene rings is 2. The van der Waals surface area contributed by atoms with Gasteiger partial charge in [0.1, 0.15) is 5.75 Å². The Labute approximate surface area is 132 Å². The van der Waals surface area contributed by atoms with E-state index in [2.05, 4.69) is 5.32 Å². The number of amides is 1. The van der Waals surface area contributed by atoms with Crippen molar-refractivity contribution in [3.63, 3.8) is 0 Å². The molecule has 0 saturated heterocycles. The number of fused-ring (bicyclic) bond motifs is 1. The number of hydrogen-bond donors (Lipinski definition) is 1. The van der Waals surface area contributed by atoms with E-state index in [4.69, 9.17) is 27.9 Å². The Bertz CT molecular complexity index is 667. The highest BCUT2D eigenvalue weighted by molar-refractivity contribution is 6.35. The van der Waals surface area contributed by atoms with Crippen molar-refractivity contribution in [1.82, 2.24) is 0 Å². The number of nitrogens with one attached hydrogen (secondary N) is 1. The van der Waals surface area contributed by atoms with Crippen molar-refractivity contribution < 1.29 is 9.53 Å². The van der Waals surface area contributed by atoms with E-state index in [1.54, 1.807) is 18.2 Å². The molecule has 1 aliphatic rings. The molecule has 1 amide bonds. The molecule has 0 aliphatic carbocycles. The van der Waals surface area contributed by atoms with Crippen LogP contribution < -0.4 is 10.1 Å². The molecule has 21 heavy (non-hydrogen) atoms. The van der Waals surface area contributed by atoms with Crippen molar-refractivity contribution in [2.75, 3.05) is 5.32 Å². The maximum Gasteiger partial charge on any atom is 0.265 e. The fourth-order valence-electron chi connectivity index (χ4n) is 2.36. The van der Waals surface area contributed by atoms with E-state index >= 15 is 0 Å². The predicted molar refractivity (Wildman–Crippen MR) is 84.3 cm³/mol. The number of para-hydroxylation sites is 1. The van der Waals surface area contributed by atoms with Gasteiger partial charge in [-0.25, -0.2) is 0 Å². The first-order valence-electron chi connectivity index (χ1n) is 6.63. The highest BCUT2D eigenvalue weighted by Crippen LogP contribution is 2.28. The van der Waals surface area contributed by atoms with Crippen LogP contribution in [0.2, 0.25) is 10.0 Å². The van der Waals surface area contributed by atoms with Gasteiger partial charge in [0, 0.05) is 15.7 Å². The summed E-state index contributed by atoms with van der Waals surface area (Å²) in [6.07, 6.45) is 0.972. The third kappa shape index (κ3) is 3.31. The second-order valence-corrected chi connectivity index (χ2v) is 5.77. The molecule has 1 N–H and O–H groups in total. The average Bonchev–Trinajstić information content (AvgIpc) is 2.45. The Balaban J connectivity index is 1.72. The molecule has 0 radical (unpaired) electrons. The Hall–Kier alpha value is -1.71. The summed E-state index contributed by atoms with van der Waals surface area (Å²) < 4.78 is 5.75. The minimum Gasteiger partial charge on any atom is -0.480 e. The zero-order valence-electron chi connectivity index (χ0n) is 11.1. The lowest BCUT2D eigenvalue weighted by Crippen LogP contribution is -2.35. The number of hydrogen-bond acceptors (Lipinski definition) is 2. The molecule has 3 rings (SSSR count). The molecule has 1 atom stereocenters. The van der Waals surface area contributed by atoms with E-state index in [1.807, 2.05) is 24.3 Å². The molecular formula is C16H13Cl2NO2. The van der Waals surface area contributed by atoms with Crippen LogP contribution in [0.3, 0.4) is 0 Å². The molecule has 0 bridgehead atoms. The van der Waals surface area contributed by atoms with Gasteiger partial charge in [0.2, 0.25) is 0 Å². The van der Waals surface area contributed by atoms with E-state index in [-0.39, 0.29) is 5.91 Å². The molecule has 1 unspecified atom stereocenters. The van der Waals surface area contributed by atoms with E-state index in [0.29, 0.717) is 22.2 Å². The molecule has 2 aromatic carbocycles. The molecule has 2 aromatic rings. The number of rotatable bonds is 2. The van der Waals surface area contributed by atoms with E-state index in [9.17, 15) is 4.79 Å². The average molecular weight is 322 g/mol. The summed E-state index contributed by atoms with van der Waals surface area (Å²) in [5.74, 6) is 0.580. The van der Waals surface area contributed by atoms with Crippen LogP contribution in [-0.4, -0.2) is 12.0 Å². The highest BCUT2D eigenvalue weighted by Gasteiger charge is 2.25. The normalized spacial score (nSPS) is 16.8. The minimum atomic E-state index is -0.502. The lowest BCUT2D eigenvalue weighted by Gasteiger charge is -2.25. The first kappa shape index (κ1) is 14.2. The Morgan fingerprint density at radius 2 is 1.86 bits per heavy atom. The molecule has 0 saturated carbocycles. The second-order valence-electron chi connectivity index (χ2n) is 4.90. The number of ether oxygens (including phenoxy) is 1. The standard InChI is InChI=1S/C16H13Cl2NO2/c17-11-7-12(18)9-13(8-11)19-16(20)15-6-5-10-3-1-2-4-14(10)21-15/h1-4,7-9,15H,5-6H2,(H,19,20). The van der Waals surface area contributed by atoms with E-state index in [1.165, 1.54) is 0 Å². The lowest BCUT2D eigenvalue weighted by atomic mass is 10.0. The molecular weight excluding hydrogens is 309 g/mol. The zero-order valence-corrected chi connectivity index (χ0v) is 12.6. The predicted octanol–water partition coefficient (Wildman–Crippen LogP) is 4.33. The van der Waals surface area contributed by atoms with Gasteiger partial charge in [-0.3, -0.25) is 4.79 Å². The summed E-state index contributed by atoms with van der Waals surface area (Å²) in [5.41, 5.74) is 1.70. The summed E-state index contributed by atoms with van der Waals surface area (Å²) in [6.45, 7) is 0. The number of aryl methyl sites for hydroxylation is 1. The fourth-order valence-corrected chi connectivity index (χ4v) is 2.88. The van der Waals surface area contributed by atoms with Crippen LogP contribution in [0.1, 0.15) is 12.0 Å². The Morgan fingerprint density at radius 3 is 2.62 bits per heavy atom.